The molecule has 1 saturated heterocycles. The minimum Gasteiger partial charge on any atom is -0.342 e. The minimum absolute atomic E-state index is 0.0485. The molecule has 1 N–H and O–H groups in total. The van der Waals surface area contributed by atoms with E-state index < -0.39 is 11.7 Å². The SMILES string of the molecule is CCN1CCC(N(C)C(=O)C2CC(=O)Nc3cc(F)ccc32)CC1. The summed E-state index contributed by atoms with van der Waals surface area (Å²) >= 11 is 0. The Kier molecular flexibility index (Phi) is 4.85. The maximum absolute atomic E-state index is 13.4. The Morgan fingerprint density at radius 2 is 2.08 bits per heavy atom. The lowest BCUT2D eigenvalue weighted by atomic mass is 9.88. The van der Waals surface area contributed by atoms with E-state index in [0.29, 0.717) is 11.3 Å². The summed E-state index contributed by atoms with van der Waals surface area (Å²) in [4.78, 5) is 29.1. The number of rotatable bonds is 3. The summed E-state index contributed by atoms with van der Waals surface area (Å²) < 4.78 is 13.4. The zero-order valence-corrected chi connectivity index (χ0v) is 14.2. The highest BCUT2D eigenvalue weighted by molar-refractivity contribution is 6.01. The Morgan fingerprint density at radius 3 is 2.75 bits per heavy atom. The van der Waals surface area contributed by atoms with Gasteiger partial charge in [0.25, 0.3) is 0 Å². The predicted molar refractivity (Wildman–Crippen MR) is 90.3 cm³/mol. The fraction of sp³-hybridized carbons (Fsp3) is 0.556. The first-order valence-electron chi connectivity index (χ1n) is 8.58. The predicted octanol–water partition coefficient (Wildman–Crippen LogP) is 2.19. The molecule has 0 radical (unpaired) electrons. The van der Waals surface area contributed by atoms with Crippen molar-refractivity contribution in [3.63, 3.8) is 0 Å². The van der Waals surface area contributed by atoms with Gasteiger partial charge in [-0.05, 0) is 37.1 Å². The molecule has 1 aromatic carbocycles. The molecule has 2 aliphatic heterocycles. The molecule has 6 heteroatoms. The number of nitrogens with one attached hydrogen (secondary N) is 1. The molecular weight excluding hydrogens is 309 g/mol. The maximum atomic E-state index is 13.4. The number of hydrogen-bond donors (Lipinski definition) is 1. The molecule has 0 aliphatic carbocycles. The van der Waals surface area contributed by atoms with Crippen LogP contribution in [0.5, 0.6) is 0 Å². The van der Waals surface area contributed by atoms with Gasteiger partial charge < -0.3 is 15.1 Å². The van der Waals surface area contributed by atoms with Crippen molar-refractivity contribution in [3.8, 4) is 0 Å². The number of carbonyl (C=O) groups is 2. The molecule has 1 fully saturated rings. The highest BCUT2D eigenvalue weighted by atomic mass is 19.1. The number of halogens is 1. The van der Waals surface area contributed by atoms with Crippen LogP contribution in [0, 0.1) is 5.82 Å². The van der Waals surface area contributed by atoms with Crippen molar-refractivity contribution in [3.05, 3.63) is 29.6 Å². The number of fused-ring (bicyclic) bond motifs is 1. The molecule has 3 rings (SSSR count). The summed E-state index contributed by atoms with van der Waals surface area (Å²) in [7, 11) is 1.82. The van der Waals surface area contributed by atoms with E-state index in [4.69, 9.17) is 0 Å². The average molecular weight is 333 g/mol. The number of likely N-dealkylation sites (tertiary alicyclic amines) is 1. The molecule has 130 valence electrons. The van der Waals surface area contributed by atoms with Crippen LogP contribution in [0.4, 0.5) is 10.1 Å². The second kappa shape index (κ2) is 6.89. The largest absolute Gasteiger partial charge is 0.342 e. The van der Waals surface area contributed by atoms with Crippen molar-refractivity contribution >= 4 is 17.5 Å². The number of piperidine rings is 1. The van der Waals surface area contributed by atoms with Crippen LogP contribution in [0.15, 0.2) is 18.2 Å². The van der Waals surface area contributed by atoms with Crippen LogP contribution in [0.3, 0.4) is 0 Å². The summed E-state index contributed by atoms with van der Waals surface area (Å²) in [5.41, 5.74) is 1.12. The topological polar surface area (TPSA) is 52.7 Å². The molecular formula is C18H24FN3O2. The third-order valence-electron chi connectivity index (χ3n) is 5.25. The third-order valence-corrected chi connectivity index (χ3v) is 5.25. The van der Waals surface area contributed by atoms with Gasteiger partial charge in [0.15, 0.2) is 0 Å². The lowest BCUT2D eigenvalue weighted by Crippen LogP contribution is -2.47. The Labute approximate surface area is 141 Å². The molecule has 0 saturated carbocycles. The van der Waals surface area contributed by atoms with Crippen molar-refractivity contribution in [2.45, 2.75) is 38.1 Å². The number of nitrogens with zero attached hydrogens (tertiary/aromatic N) is 2. The molecule has 5 nitrogen and oxygen atoms in total. The molecule has 1 atom stereocenters. The first-order chi connectivity index (χ1) is 11.5. The van der Waals surface area contributed by atoms with Crippen LogP contribution in [0.25, 0.3) is 0 Å². The Morgan fingerprint density at radius 1 is 1.38 bits per heavy atom. The second-order valence-electron chi connectivity index (χ2n) is 6.65. The summed E-state index contributed by atoms with van der Waals surface area (Å²) in [5, 5.41) is 2.66. The molecule has 1 aromatic rings. The molecule has 2 aliphatic rings. The highest BCUT2D eigenvalue weighted by Crippen LogP contribution is 2.34. The van der Waals surface area contributed by atoms with Gasteiger partial charge in [0.1, 0.15) is 5.82 Å². The van der Waals surface area contributed by atoms with Gasteiger partial charge in [-0.15, -0.1) is 0 Å². The van der Waals surface area contributed by atoms with E-state index in [2.05, 4.69) is 17.1 Å². The standard InChI is InChI=1S/C18H24FN3O2/c1-3-22-8-6-13(7-9-22)21(2)18(24)15-11-17(23)20-16-10-12(19)4-5-14(15)16/h4-5,10,13,15H,3,6-9,11H2,1-2H3,(H,20,23). The minimum atomic E-state index is -0.524. The third kappa shape index (κ3) is 3.29. The maximum Gasteiger partial charge on any atom is 0.230 e. The van der Waals surface area contributed by atoms with E-state index >= 15 is 0 Å². The molecule has 0 aromatic heterocycles. The van der Waals surface area contributed by atoms with Gasteiger partial charge in [-0.1, -0.05) is 13.0 Å². The Balaban J connectivity index is 1.76. The van der Waals surface area contributed by atoms with Crippen molar-refractivity contribution in [1.29, 1.82) is 0 Å². The number of amides is 2. The Bertz CT molecular complexity index is 641. The van der Waals surface area contributed by atoms with Gasteiger partial charge in [0.05, 0.1) is 5.92 Å². The first kappa shape index (κ1) is 16.9. The van der Waals surface area contributed by atoms with Crippen LogP contribution in [-0.4, -0.2) is 54.3 Å². The van der Waals surface area contributed by atoms with Gasteiger partial charge in [0.2, 0.25) is 11.8 Å². The van der Waals surface area contributed by atoms with E-state index in [1.165, 1.54) is 12.1 Å². The van der Waals surface area contributed by atoms with Crippen molar-refractivity contribution in [2.75, 3.05) is 32.0 Å². The zero-order valence-electron chi connectivity index (χ0n) is 14.2. The van der Waals surface area contributed by atoms with Gasteiger partial charge >= 0.3 is 0 Å². The van der Waals surface area contributed by atoms with Gasteiger partial charge in [-0.2, -0.15) is 0 Å². The second-order valence-corrected chi connectivity index (χ2v) is 6.65. The number of likely N-dealkylation sites (N-methyl/N-ethyl adjacent to an activating group) is 1. The average Bonchev–Trinajstić information content (AvgIpc) is 2.59. The van der Waals surface area contributed by atoms with E-state index in [-0.39, 0.29) is 24.3 Å². The number of carbonyl (C=O) groups excluding carboxylic acids is 2. The molecule has 0 spiro atoms. The number of hydrogen-bond acceptors (Lipinski definition) is 3. The van der Waals surface area contributed by atoms with Crippen LogP contribution in [-0.2, 0) is 9.59 Å². The van der Waals surface area contributed by atoms with Crippen molar-refractivity contribution in [2.24, 2.45) is 0 Å². The van der Waals surface area contributed by atoms with E-state index in [1.807, 2.05) is 7.05 Å². The fourth-order valence-corrected chi connectivity index (χ4v) is 3.71. The van der Waals surface area contributed by atoms with Crippen molar-refractivity contribution < 1.29 is 14.0 Å². The van der Waals surface area contributed by atoms with Crippen LogP contribution in [0.1, 0.15) is 37.7 Å². The van der Waals surface area contributed by atoms with E-state index in [0.717, 1.165) is 32.5 Å². The smallest absolute Gasteiger partial charge is 0.230 e. The lowest BCUT2D eigenvalue weighted by Gasteiger charge is -2.38. The molecule has 2 amide bonds. The molecule has 24 heavy (non-hydrogen) atoms. The summed E-state index contributed by atoms with van der Waals surface area (Å²) in [5.74, 6) is -1.22. The van der Waals surface area contributed by atoms with Crippen LogP contribution < -0.4 is 5.32 Å². The van der Waals surface area contributed by atoms with Crippen LogP contribution >= 0.6 is 0 Å². The lowest BCUT2D eigenvalue weighted by molar-refractivity contribution is -0.136. The molecule has 2 heterocycles. The highest BCUT2D eigenvalue weighted by Gasteiger charge is 2.35. The Hall–Kier alpha value is -1.95. The quantitative estimate of drug-likeness (QED) is 0.922. The van der Waals surface area contributed by atoms with E-state index in [1.54, 1.807) is 11.0 Å². The van der Waals surface area contributed by atoms with Crippen molar-refractivity contribution in [1.82, 2.24) is 9.80 Å². The van der Waals surface area contributed by atoms with E-state index in [9.17, 15) is 14.0 Å². The van der Waals surface area contributed by atoms with Crippen LogP contribution in [0.2, 0.25) is 0 Å². The first-order valence-corrected chi connectivity index (χ1v) is 8.58. The number of benzene rings is 1. The zero-order chi connectivity index (χ0) is 17.3. The van der Waals surface area contributed by atoms with Gasteiger partial charge in [-0.25, -0.2) is 4.39 Å². The monoisotopic (exact) mass is 333 g/mol. The number of anilines is 1. The molecule has 0 bridgehead atoms. The normalized spacial score (nSPS) is 22.0. The van der Waals surface area contributed by atoms with Gasteiger partial charge in [0, 0.05) is 38.3 Å². The summed E-state index contributed by atoms with van der Waals surface area (Å²) in [6, 6.07) is 4.44. The fourth-order valence-electron chi connectivity index (χ4n) is 3.71. The summed E-state index contributed by atoms with van der Waals surface area (Å²) in [6.45, 7) is 5.16. The molecule has 1 unspecified atom stereocenters. The summed E-state index contributed by atoms with van der Waals surface area (Å²) in [6.07, 6.45) is 2.02. The van der Waals surface area contributed by atoms with Gasteiger partial charge in [-0.3, -0.25) is 9.59 Å².